The fourth-order valence-electron chi connectivity index (χ4n) is 3.90. The Balaban J connectivity index is 1.37. The number of carbonyl (C=O) groups is 1. The maximum Gasteiger partial charge on any atom is 0.263 e. The number of amides is 1. The lowest BCUT2D eigenvalue weighted by atomic mass is 10.1. The van der Waals surface area contributed by atoms with Gasteiger partial charge in [-0.15, -0.1) is 0 Å². The summed E-state index contributed by atoms with van der Waals surface area (Å²) in [6.07, 6.45) is 0.184. The summed E-state index contributed by atoms with van der Waals surface area (Å²) >= 11 is 0. The number of hydrogen-bond acceptors (Lipinski definition) is 4. The molecule has 5 nitrogen and oxygen atoms in total. The highest BCUT2D eigenvalue weighted by Crippen LogP contribution is 2.24. The minimum atomic E-state index is -0.460. The molecule has 4 rings (SSSR count). The molecule has 0 aromatic heterocycles. The van der Waals surface area contributed by atoms with Gasteiger partial charge in [0.2, 0.25) is 0 Å². The third kappa shape index (κ3) is 4.35. The van der Waals surface area contributed by atoms with Crippen LogP contribution in [0.25, 0.3) is 10.8 Å². The van der Waals surface area contributed by atoms with E-state index in [1.54, 1.807) is 7.11 Å². The summed E-state index contributed by atoms with van der Waals surface area (Å²) in [5, 5.41) is 2.28. The molecule has 0 aliphatic carbocycles. The van der Waals surface area contributed by atoms with Crippen LogP contribution in [0.15, 0.2) is 66.7 Å². The van der Waals surface area contributed by atoms with Gasteiger partial charge < -0.3 is 19.3 Å². The van der Waals surface area contributed by atoms with Crippen LogP contribution < -0.4 is 14.4 Å². The smallest absolute Gasteiger partial charge is 0.263 e. The molecule has 1 aliphatic heterocycles. The van der Waals surface area contributed by atoms with Crippen molar-refractivity contribution in [2.75, 3.05) is 38.2 Å². The van der Waals surface area contributed by atoms with Gasteiger partial charge in [-0.05, 0) is 53.6 Å². The van der Waals surface area contributed by atoms with Crippen LogP contribution in [0, 0.1) is 0 Å². The monoisotopic (exact) mass is 404 g/mol. The first kappa shape index (κ1) is 20.1. The van der Waals surface area contributed by atoms with Crippen molar-refractivity contribution in [1.29, 1.82) is 0 Å². The molecule has 0 saturated carbocycles. The second kappa shape index (κ2) is 9.08. The number of piperazine rings is 1. The van der Waals surface area contributed by atoms with Crippen molar-refractivity contribution < 1.29 is 14.3 Å². The standard InChI is InChI=1S/C25H28N2O3/c1-3-24(30-23-11-8-19-6-4-5-7-20(19)18-23)25(28)27-16-14-26(15-17-27)21-9-12-22(29-2)13-10-21/h4-13,18,24H,3,14-17H2,1-2H3. The van der Waals surface area contributed by atoms with Crippen LogP contribution in [0.2, 0.25) is 0 Å². The van der Waals surface area contributed by atoms with E-state index in [1.165, 1.54) is 5.39 Å². The van der Waals surface area contributed by atoms with Crippen molar-refractivity contribution in [2.24, 2.45) is 0 Å². The zero-order valence-corrected chi connectivity index (χ0v) is 17.6. The van der Waals surface area contributed by atoms with E-state index in [1.807, 2.05) is 54.3 Å². The number of benzene rings is 3. The number of hydrogen-bond donors (Lipinski definition) is 0. The van der Waals surface area contributed by atoms with Crippen LogP contribution in [0.3, 0.4) is 0 Å². The molecule has 1 fully saturated rings. The number of ether oxygens (including phenoxy) is 2. The highest BCUT2D eigenvalue weighted by atomic mass is 16.5. The Morgan fingerprint density at radius 1 is 0.900 bits per heavy atom. The second-order valence-corrected chi connectivity index (χ2v) is 7.53. The van der Waals surface area contributed by atoms with Crippen molar-refractivity contribution in [1.82, 2.24) is 4.90 Å². The number of methoxy groups -OCH3 is 1. The largest absolute Gasteiger partial charge is 0.497 e. The second-order valence-electron chi connectivity index (χ2n) is 7.53. The Kier molecular flexibility index (Phi) is 6.07. The molecule has 3 aromatic rings. The molecule has 5 heteroatoms. The Hall–Kier alpha value is -3.21. The maximum atomic E-state index is 13.1. The van der Waals surface area contributed by atoms with Crippen LogP contribution in [0.5, 0.6) is 11.5 Å². The Bertz CT molecular complexity index is 995. The zero-order valence-electron chi connectivity index (χ0n) is 17.6. The lowest BCUT2D eigenvalue weighted by Crippen LogP contribution is -2.52. The van der Waals surface area contributed by atoms with Gasteiger partial charge >= 0.3 is 0 Å². The highest BCUT2D eigenvalue weighted by Gasteiger charge is 2.28. The number of carbonyl (C=O) groups excluding carboxylic acids is 1. The molecule has 0 radical (unpaired) electrons. The summed E-state index contributed by atoms with van der Waals surface area (Å²) in [5.74, 6) is 1.66. The first-order valence-electron chi connectivity index (χ1n) is 10.5. The quantitative estimate of drug-likeness (QED) is 0.612. The normalized spacial score (nSPS) is 15.1. The van der Waals surface area contributed by atoms with E-state index >= 15 is 0 Å². The van der Waals surface area contributed by atoms with Crippen molar-refractivity contribution in [3.05, 3.63) is 66.7 Å². The Labute approximate surface area is 177 Å². The van der Waals surface area contributed by atoms with Gasteiger partial charge in [-0.1, -0.05) is 37.3 Å². The lowest BCUT2D eigenvalue weighted by molar-refractivity contribution is -0.139. The third-order valence-corrected chi connectivity index (χ3v) is 5.67. The summed E-state index contributed by atoms with van der Waals surface area (Å²) in [5.41, 5.74) is 1.15. The molecule has 1 atom stereocenters. The molecule has 1 unspecified atom stereocenters. The first-order valence-corrected chi connectivity index (χ1v) is 10.5. The van der Waals surface area contributed by atoms with Gasteiger partial charge in [-0.3, -0.25) is 4.79 Å². The molecule has 1 heterocycles. The lowest BCUT2D eigenvalue weighted by Gasteiger charge is -2.37. The molecule has 30 heavy (non-hydrogen) atoms. The fraction of sp³-hybridized carbons (Fsp3) is 0.320. The predicted octanol–water partition coefficient (Wildman–Crippen LogP) is 4.35. The summed E-state index contributed by atoms with van der Waals surface area (Å²) in [6.45, 7) is 5.01. The van der Waals surface area contributed by atoms with Gasteiger partial charge in [-0.2, -0.15) is 0 Å². The van der Waals surface area contributed by atoms with E-state index in [0.29, 0.717) is 19.5 Å². The van der Waals surface area contributed by atoms with Gasteiger partial charge in [0.1, 0.15) is 11.5 Å². The van der Waals surface area contributed by atoms with E-state index in [2.05, 4.69) is 29.2 Å². The van der Waals surface area contributed by atoms with Gasteiger partial charge in [-0.25, -0.2) is 0 Å². The number of nitrogens with zero attached hydrogens (tertiary/aromatic N) is 2. The van der Waals surface area contributed by atoms with Crippen LogP contribution >= 0.6 is 0 Å². The van der Waals surface area contributed by atoms with E-state index < -0.39 is 6.10 Å². The van der Waals surface area contributed by atoms with Crippen molar-refractivity contribution in [3.8, 4) is 11.5 Å². The number of anilines is 1. The average molecular weight is 405 g/mol. The fourth-order valence-corrected chi connectivity index (χ4v) is 3.90. The molecule has 0 bridgehead atoms. The maximum absolute atomic E-state index is 13.1. The van der Waals surface area contributed by atoms with Crippen molar-refractivity contribution in [2.45, 2.75) is 19.4 Å². The van der Waals surface area contributed by atoms with Gasteiger partial charge in [0.05, 0.1) is 7.11 Å². The summed E-state index contributed by atoms with van der Waals surface area (Å²) in [6, 6.07) is 22.2. The van der Waals surface area contributed by atoms with Crippen LogP contribution in [0.4, 0.5) is 5.69 Å². The van der Waals surface area contributed by atoms with Crippen molar-refractivity contribution in [3.63, 3.8) is 0 Å². The molecule has 1 amide bonds. The Morgan fingerprint density at radius 2 is 1.57 bits per heavy atom. The molecule has 1 aliphatic rings. The van der Waals surface area contributed by atoms with Gasteiger partial charge in [0.15, 0.2) is 6.10 Å². The average Bonchev–Trinajstić information content (AvgIpc) is 2.82. The van der Waals surface area contributed by atoms with E-state index in [9.17, 15) is 4.79 Å². The molecule has 0 spiro atoms. The molecule has 0 N–H and O–H groups in total. The molecule has 3 aromatic carbocycles. The summed E-state index contributed by atoms with van der Waals surface area (Å²) in [4.78, 5) is 17.3. The minimum Gasteiger partial charge on any atom is -0.497 e. The topological polar surface area (TPSA) is 42.0 Å². The predicted molar refractivity (Wildman–Crippen MR) is 120 cm³/mol. The van der Waals surface area contributed by atoms with E-state index in [4.69, 9.17) is 9.47 Å². The van der Waals surface area contributed by atoms with Crippen LogP contribution in [-0.2, 0) is 4.79 Å². The van der Waals surface area contributed by atoms with Crippen molar-refractivity contribution >= 4 is 22.4 Å². The van der Waals surface area contributed by atoms with Crippen LogP contribution in [0.1, 0.15) is 13.3 Å². The third-order valence-electron chi connectivity index (χ3n) is 5.67. The van der Waals surface area contributed by atoms with Gasteiger partial charge in [0, 0.05) is 31.9 Å². The number of rotatable bonds is 6. The number of fused-ring (bicyclic) bond motifs is 1. The minimum absolute atomic E-state index is 0.0695. The molecular formula is C25H28N2O3. The Morgan fingerprint density at radius 3 is 2.23 bits per heavy atom. The summed E-state index contributed by atoms with van der Waals surface area (Å²) in [7, 11) is 1.67. The van der Waals surface area contributed by atoms with E-state index in [0.717, 1.165) is 35.7 Å². The molecular weight excluding hydrogens is 376 g/mol. The van der Waals surface area contributed by atoms with Gasteiger partial charge in [0.25, 0.3) is 5.91 Å². The molecule has 156 valence electrons. The summed E-state index contributed by atoms with van der Waals surface area (Å²) < 4.78 is 11.3. The molecule has 1 saturated heterocycles. The van der Waals surface area contributed by atoms with E-state index in [-0.39, 0.29) is 5.91 Å². The van der Waals surface area contributed by atoms with Crippen LogP contribution in [-0.4, -0.2) is 50.2 Å². The SMILES string of the molecule is CCC(Oc1ccc2ccccc2c1)C(=O)N1CCN(c2ccc(OC)cc2)CC1. The zero-order chi connectivity index (χ0) is 20.9. The first-order chi connectivity index (χ1) is 14.7. The highest BCUT2D eigenvalue weighted by molar-refractivity contribution is 5.84.